The van der Waals surface area contributed by atoms with E-state index < -0.39 is 63.4 Å². The molecule has 0 N–H and O–H groups in total. The van der Waals surface area contributed by atoms with Crippen molar-refractivity contribution in [2.75, 3.05) is 6.61 Å². The van der Waals surface area contributed by atoms with E-state index in [1.807, 2.05) is 6.92 Å². The van der Waals surface area contributed by atoms with E-state index >= 15 is 0 Å². The van der Waals surface area contributed by atoms with Gasteiger partial charge in [-0.15, -0.1) is 0 Å². The van der Waals surface area contributed by atoms with Crippen LogP contribution in [0.1, 0.15) is 45.4 Å². The molecule has 9 heteroatoms. The minimum absolute atomic E-state index is 0.200. The van der Waals surface area contributed by atoms with Gasteiger partial charge in [0.25, 0.3) is 0 Å². The van der Waals surface area contributed by atoms with Gasteiger partial charge in [0.1, 0.15) is 0 Å². The third-order valence-electron chi connectivity index (χ3n) is 4.33. The fourth-order valence-corrected chi connectivity index (χ4v) is 2.81. The van der Waals surface area contributed by atoms with E-state index in [2.05, 4.69) is 0 Å². The van der Waals surface area contributed by atoms with Crippen molar-refractivity contribution in [2.45, 2.75) is 45.4 Å². The van der Waals surface area contributed by atoms with Gasteiger partial charge >= 0.3 is 0 Å². The molecule has 0 unspecified atom stereocenters. The van der Waals surface area contributed by atoms with E-state index in [-0.39, 0.29) is 12.7 Å². The highest BCUT2D eigenvalue weighted by atomic mass is 19.2. The van der Waals surface area contributed by atoms with Crippen molar-refractivity contribution in [3.8, 4) is 16.9 Å². The molecule has 160 valence electrons. The largest absolute Gasteiger partial charge is 0.487 e. The van der Waals surface area contributed by atoms with E-state index in [1.54, 1.807) is 0 Å². The molecule has 0 spiro atoms. The summed E-state index contributed by atoms with van der Waals surface area (Å²) < 4.78 is 116. The van der Waals surface area contributed by atoms with Crippen molar-refractivity contribution in [1.82, 2.24) is 0 Å². The third kappa shape index (κ3) is 4.82. The first-order valence-electron chi connectivity index (χ1n) is 9.04. The molecule has 0 aliphatic heterocycles. The summed E-state index contributed by atoms with van der Waals surface area (Å²) in [6.07, 6.45) is 4.85. The molecule has 0 aromatic heterocycles. The molecule has 2 aromatic rings. The summed E-state index contributed by atoms with van der Waals surface area (Å²) in [4.78, 5) is 0. The third-order valence-corrected chi connectivity index (χ3v) is 4.33. The summed E-state index contributed by atoms with van der Waals surface area (Å²) >= 11 is 0. The average molecular weight is 426 g/mol. The van der Waals surface area contributed by atoms with Gasteiger partial charge in [-0.1, -0.05) is 39.0 Å². The topological polar surface area (TPSA) is 9.23 Å². The first-order valence-corrected chi connectivity index (χ1v) is 9.04. The number of rotatable bonds is 9. The van der Waals surface area contributed by atoms with Crippen LogP contribution in [-0.2, 0) is 0 Å². The lowest BCUT2D eigenvalue weighted by molar-refractivity contribution is 0.264. The van der Waals surface area contributed by atoms with Gasteiger partial charge in [-0.3, -0.25) is 0 Å². The van der Waals surface area contributed by atoms with Crippen LogP contribution in [-0.4, -0.2) is 6.61 Å². The molecule has 0 aliphatic carbocycles. The summed E-state index contributed by atoms with van der Waals surface area (Å²) in [6, 6.07) is -0.200. The number of halogens is 8. The van der Waals surface area contributed by atoms with Gasteiger partial charge in [0.2, 0.25) is 11.6 Å². The molecule has 0 saturated carbocycles. The first-order chi connectivity index (χ1) is 13.7. The van der Waals surface area contributed by atoms with Gasteiger partial charge in [0.05, 0.1) is 17.7 Å². The summed E-state index contributed by atoms with van der Waals surface area (Å²) in [6.45, 7) is 1.77. The van der Waals surface area contributed by atoms with Crippen LogP contribution in [0.2, 0.25) is 0 Å². The van der Waals surface area contributed by atoms with Crippen molar-refractivity contribution in [2.24, 2.45) is 0 Å². The van der Waals surface area contributed by atoms with E-state index in [4.69, 9.17) is 4.74 Å². The Balaban J connectivity index is 2.34. The number of unbranched alkanes of at least 4 members (excludes halogenated alkanes) is 5. The fraction of sp³-hybridized carbons (Fsp3) is 0.400. The van der Waals surface area contributed by atoms with E-state index in [0.717, 1.165) is 25.7 Å². The highest BCUT2D eigenvalue weighted by Gasteiger charge is 2.32. The van der Waals surface area contributed by atoms with Gasteiger partial charge < -0.3 is 4.74 Å². The molecule has 1 nitrogen and oxygen atoms in total. The highest BCUT2D eigenvalue weighted by molar-refractivity contribution is 5.68. The Hall–Kier alpha value is -2.32. The van der Waals surface area contributed by atoms with Crippen molar-refractivity contribution in [3.05, 3.63) is 52.6 Å². The Morgan fingerprint density at radius 3 is 1.55 bits per heavy atom. The molecule has 0 amide bonds. The zero-order valence-corrected chi connectivity index (χ0v) is 15.5. The van der Waals surface area contributed by atoms with Crippen LogP contribution in [0.15, 0.2) is 6.07 Å². The normalized spacial score (nSPS) is 11.2. The van der Waals surface area contributed by atoms with Gasteiger partial charge in [-0.25, -0.2) is 26.3 Å². The second-order valence-corrected chi connectivity index (χ2v) is 6.42. The SMILES string of the molecule is CCCCCCCCOc1c(F)c(F)c(-c2c(F)c(F)cc(F)c2F)c(F)c1F. The predicted octanol–water partition coefficient (Wildman–Crippen LogP) is 7.21. The summed E-state index contributed by atoms with van der Waals surface area (Å²) in [5.41, 5.74) is -3.79. The number of ether oxygens (including phenoxy) is 1. The summed E-state index contributed by atoms with van der Waals surface area (Å²) in [7, 11) is 0. The van der Waals surface area contributed by atoms with Crippen molar-refractivity contribution < 1.29 is 39.9 Å². The monoisotopic (exact) mass is 426 g/mol. The van der Waals surface area contributed by atoms with Crippen LogP contribution in [0.25, 0.3) is 11.1 Å². The van der Waals surface area contributed by atoms with Crippen molar-refractivity contribution in [3.63, 3.8) is 0 Å². The van der Waals surface area contributed by atoms with Gasteiger partial charge in [-0.2, -0.15) is 8.78 Å². The Morgan fingerprint density at radius 1 is 0.586 bits per heavy atom. The Bertz CT molecular complexity index is 827. The fourth-order valence-electron chi connectivity index (χ4n) is 2.81. The van der Waals surface area contributed by atoms with Crippen LogP contribution >= 0.6 is 0 Å². The molecule has 0 radical (unpaired) electrons. The zero-order valence-electron chi connectivity index (χ0n) is 15.5. The smallest absolute Gasteiger partial charge is 0.204 e. The molecule has 0 fully saturated rings. The Morgan fingerprint density at radius 2 is 1.03 bits per heavy atom. The molecular formula is C20H18F8O. The van der Waals surface area contributed by atoms with E-state index in [1.165, 1.54) is 0 Å². The van der Waals surface area contributed by atoms with Crippen LogP contribution in [0.4, 0.5) is 35.1 Å². The first kappa shape index (κ1) is 23.0. The minimum Gasteiger partial charge on any atom is -0.487 e. The van der Waals surface area contributed by atoms with Crippen LogP contribution in [0, 0.1) is 46.5 Å². The standard InChI is InChI=1S/C20H18F8O/c1-2-3-4-5-6-7-8-29-20-18(27)16(25)13(17(26)19(20)28)12-14(23)10(21)9-11(22)15(12)24/h9H,2-8H2,1H3. The second-order valence-electron chi connectivity index (χ2n) is 6.42. The molecule has 29 heavy (non-hydrogen) atoms. The van der Waals surface area contributed by atoms with Crippen molar-refractivity contribution >= 4 is 0 Å². The lowest BCUT2D eigenvalue weighted by Gasteiger charge is -2.14. The minimum atomic E-state index is -2.23. The summed E-state index contributed by atoms with van der Waals surface area (Å²) in [5.74, 6) is -18.3. The molecule has 2 aromatic carbocycles. The summed E-state index contributed by atoms with van der Waals surface area (Å²) in [5, 5.41) is 0. The predicted molar refractivity (Wildman–Crippen MR) is 90.4 cm³/mol. The average Bonchev–Trinajstić information content (AvgIpc) is 2.69. The lowest BCUT2D eigenvalue weighted by atomic mass is 10.0. The van der Waals surface area contributed by atoms with E-state index in [9.17, 15) is 35.1 Å². The number of benzene rings is 2. The Labute approximate surface area is 162 Å². The molecule has 0 atom stereocenters. The van der Waals surface area contributed by atoms with Gasteiger partial charge in [0, 0.05) is 6.07 Å². The van der Waals surface area contributed by atoms with Gasteiger partial charge in [-0.05, 0) is 6.42 Å². The zero-order chi connectivity index (χ0) is 21.7. The maximum Gasteiger partial charge on any atom is 0.204 e. The number of hydrogen-bond acceptors (Lipinski definition) is 1. The molecule has 0 aliphatic rings. The Kier molecular flexibility index (Phi) is 7.87. The lowest BCUT2D eigenvalue weighted by Crippen LogP contribution is -2.09. The quantitative estimate of drug-likeness (QED) is 0.234. The molecule has 0 bridgehead atoms. The second kappa shape index (κ2) is 9.93. The van der Waals surface area contributed by atoms with Crippen LogP contribution < -0.4 is 4.74 Å². The van der Waals surface area contributed by atoms with E-state index in [0.29, 0.717) is 12.8 Å². The maximum atomic E-state index is 14.3. The van der Waals surface area contributed by atoms with Crippen LogP contribution in [0.3, 0.4) is 0 Å². The number of hydrogen-bond donors (Lipinski definition) is 0. The van der Waals surface area contributed by atoms with Gasteiger partial charge in [0.15, 0.2) is 40.7 Å². The molecule has 0 heterocycles. The maximum absolute atomic E-state index is 14.3. The highest BCUT2D eigenvalue weighted by Crippen LogP contribution is 2.39. The van der Waals surface area contributed by atoms with Crippen LogP contribution in [0.5, 0.6) is 5.75 Å². The molecule has 2 rings (SSSR count). The molecular weight excluding hydrogens is 408 g/mol. The molecule has 0 saturated heterocycles. The van der Waals surface area contributed by atoms with Crippen molar-refractivity contribution in [1.29, 1.82) is 0 Å².